The summed E-state index contributed by atoms with van der Waals surface area (Å²) in [7, 11) is 0. The van der Waals surface area contributed by atoms with Gasteiger partial charge >= 0.3 is 0 Å². The standard InChI is InChI=1S/C22H27N3O5/c26-20(13-25-21(27)16-3-1-2-4-17(16)22(25)28)24-9-7-23(8-10-24)12-15-5-6-18-19(11-15)30-14-29-18/h5-6,11,16-17H,1-4,7-10,12-14H2/p+1/t16-,17+. The number of quaternary nitrogens is 1. The Labute approximate surface area is 175 Å². The van der Waals surface area contributed by atoms with Gasteiger partial charge in [0.1, 0.15) is 13.1 Å². The lowest BCUT2D eigenvalue weighted by Gasteiger charge is -2.33. The molecule has 1 aromatic carbocycles. The van der Waals surface area contributed by atoms with Crippen molar-refractivity contribution in [3.63, 3.8) is 0 Å². The van der Waals surface area contributed by atoms with Crippen LogP contribution in [0, 0.1) is 11.8 Å². The first kappa shape index (κ1) is 19.4. The maximum Gasteiger partial charge on any atom is 0.243 e. The summed E-state index contributed by atoms with van der Waals surface area (Å²) >= 11 is 0. The third-order valence-electron chi connectivity index (χ3n) is 6.94. The van der Waals surface area contributed by atoms with Crippen molar-refractivity contribution in [2.24, 2.45) is 11.8 Å². The average molecular weight is 414 g/mol. The highest BCUT2D eigenvalue weighted by Gasteiger charge is 2.48. The van der Waals surface area contributed by atoms with Gasteiger partial charge in [0.05, 0.1) is 38.0 Å². The normalized spacial score (nSPS) is 26.3. The van der Waals surface area contributed by atoms with Gasteiger partial charge in [-0.25, -0.2) is 0 Å². The van der Waals surface area contributed by atoms with Gasteiger partial charge in [-0.1, -0.05) is 12.8 Å². The van der Waals surface area contributed by atoms with Gasteiger partial charge in [0.2, 0.25) is 24.5 Å². The minimum absolute atomic E-state index is 0.0951. The molecule has 1 saturated carbocycles. The summed E-state index contributed by atoms with van der Waals surface area (Å²) < 4.78 is 10.8. The molecule has 2 atom stereocenters. The second kappa shape index (κ2) is 7.91. The number of carbonyl (C=O) groups excluding carboxylic acids is 3. The van der Waals surface area contributed by atoms with Crippen molar-refractivity contribution in [2.75, 3.05) is 39.5 Å². The molecule has 30 heavy (non-hydrogen) atoms. The average Bonchev–Trinajstić information content (AvgIpc) is 3.33. The van der Waals surface area contributed by atoms with E-state index < -0.39 is 0 Å². The van der Waals surface area contributed by atoms with Crippen LogP contribution in [0.2, 0.25) is 0 Å². The molecule has 0 radical (unpaired) electrons. The molecular weight excluding hydrogens is 386 g/mol. The van der Waals surface area contributed by atoms with E-state index in [1.807, 2.05) is 12.1 Å². The van der Waals surface area contributed by atoms with Crippen LogP contribution >= 0.6 is 0 Å². The lowest BCUT2D eigenvalue weighted by atomic mass is 9.81. The Hall–Kier alpha value is -2.61. The highest BCUT2D eigenvalue weighted by atomic mass is 16.7. The summed E-state index contributed by atoms with van der Waals surface area (Å²) in [5, 5.41) is 0. The molecule has 2 saturated heterocycles. The Balaban J connectivity index is 1.13. The largest absolute Gasteiger partial charge is 0.454 e. The molecule has 0 bridgehead atoms. The van der Waals surface area contributed by atoms with Crippen molar-refractivity contribution in [3.8, 4) is 11.5 Å². The number of fused-ring (bicyclic) bond motifs is 2. The van der Waals surface area contributed by atoms with E-state index in [2.05, 4.69) is 6.07 Å². The predicted octanol–water partition coefficient (Wildman–Crippen LogP) is -0.182. The zero-order chi connectivity index (χ0) is 20.7. The van der Waals surface area contributed by atoms with Gasteiger partial charge < -0.3 is 19.3 Å². The third kappa shape index (κ3) is 3.53. The highest BCUT2D eigenvalue weighted by Crippen LogP contribution is 2.38. The zero-order valence-electron chi connectivity index (χ0n) is 17.1. The Bertz CT molecular complexity index is 840. The molecule has 1 N–H and O–H groups in total. The summed E-state index contributed by atoms with van der Waals surface area (Å²) in [6.45, 7) is 4.01. The number of amides is 3. The molecule has 5 rings (SSSR count). The van der Waals surface area contributed by atoms with Crippen LogP contribution in [-0.4, -0.2) is 67.0 Å². The number of ether oxygens (including phenoxy) is 2. The van der Waals surface area contributed by atoms with E-state index in [0.717, 1.165) is 56.8 Å². The molecule has 1 aliphatic carbocycles. The molecule has 3 aliphatic heterocycles. The molecule has 0 unspecified atom stereocenters. The Kier molecular flexibility index (Phi) is 5.10. The first-order valence-electron chi connectivity index (χ1n) is 11.0. The van der Waals surface area contributed by atoms with Crippen molar-refractivity contribution in [3.05, 3.63) is 23.8 Å². The molecule has 8 heteroatoms. The number of rotatable bonds is 4. The molecule has 0 aromatic heterocycles. The number of hydrogen-bond donors (Lipinski definition) is 1. The van der Waals surface area contributed by atoms with E-state index in [0.29, 0.717) is 13.1 Å². The number of benzene rings is 1. The van der Waals surface area contributed by atoms with Crippen LogP contribution in [0.15, 0.2) is 18.2 Å². The minimum atomic E-state index is -0.193. The van der Waals surface area contributed by atoms with Gasteiger partial charge in [-0.15, -0.1) is 0 Å². The second-order valence-corrected chi connectivity index (χ2v) is 8.76. The molecule has 3 heterocycles. The van der Waals surface area contributed by atoms with Crippen LogP contribution in [-0.2, 0) is 20.9 Å². The number of piperazine rings is 1. The quantitative estimate of drug-likeness (QED) is 0.692. The fourth-order valence-corrected chi connectivity index (χ4v) is 5.21. The van der Waals surface area contributed by atoms with Crippen LogP contribution in [0.25, 0.3) is 0 Å². The van der Waals surface area contributed by atoms with E-state index in [-0.39, 0.29) is 42.9 Å². The van der Waals surface area contributed by atoms with Crippen LogP contribution in [0.4, 0.5) is 0 Å². The third-order valence-corrected chi connectivity index (χ3v) is 6.94. The Morgan fingerprint density at radius 2 is 1.67 bits per heavy atom. The molecular formula is C22H28N3O5+. The molecule has 3 amide bonds. The van der Waals surface area contributed by atoms with E-state index in [9.17, 15) is 14.4 Å². The summed E-state index contributed by atoms with van der Waals surface area (Å²) in [4.78, 5) is 42.4. The number of nitrogens with one attached hydrogen (secondary N) is 1. The topological polar surface area (TPSA) is 80.6 Å². The minimum Gasteiger partial charge on any atom is -0.454 e. The number of nitrogens with zero attached hydrogens (tertiary/aromatic N) is 2. The van der Waals surface area contributed by atoms with Crippen LogP contribution in [0.3, 0.4) is 0 Å². The molecule has 8 nitrogen and oxygen atoms in total. The van der Waals surface area contributed by atoms with Crippen molar-refractivity contribution in [1.82, 2.24) is 9.80 Å². The number of likely N-dealkylation sites (tertiary alicyclic amines) is 1. The molecule has 160 valence electrons. The van der Waals surface area contributed by atoms with Crippen molar-refractivity contribution < 1.29 is 28.8 Å². The zero-order valence-corrected chi connectivity index (χ0v) is 17.1. The van der Waals surface area contributed by atoms with E-state index in [1.54, 1.807) is 4.90 Å². The first-order chi connectivity index (χ1) is 14.6. The number of hydrogen-bond acceptors (Lipinski definition) is 5. The Morgan fingerprint density at radius 1 is 1.00 bits per heavy atom. The van der Waals surface area contributed by atoms with Crippen LogP contribution in [0.1, 0.15) is 31.2 Å². The summed E-state index contributed by atoms with van der Waals surface area (Å²) in [5.74, 6) is 0.813. The first-order valence-corrected chi connectivity index (χ1v) is 11.0. The van der Waals surface area contributed by atoms with Crippen LogP contribution in [0.5, 0.6) is 11.5 Å². The van der Waals surface area contributed by atoms with Gasteiger partial charge in [-0.3, -0.25) is 19.3 Å². The number of carbonyl (C=O) groups is 3. The highest BCUT2D eigenvalue weighted by molar-refractivity contribution is 6.07. The van der Waals surface area contributed by atoms with Crippen molar-refractivity contribution >= 4 is 17.7 Å². The SMILES string of the molecule is O=C(CN1C(=O)[C@H]2CCCC[C@H]2C1=O)N1CC[NH+](Cc2ccc3c(c2)OCO3)CC1. The van der Waals surface area contributed by atoms with Gasteiger partial charge in [0.25, 0.3) is 0 Å². The van der Waals surface area contributed by atoms with Gasteiger partial charge in [-0.05, 0) is 31.0 Å². The summed E-state index contributed by atoms with van der Waals surface area (Å²) in [6, 6.07) is 6.03. The summed E-state index contributed by atoms with van der Waals surface area (Å²) in [6.07, 6.45) is 3.55. The predicted molar refractivity (Wildman–Crippen MR) is 106 cm³/mol. The van der Waals surface area contributed by atoms with Crippen LogP contribution < -0.4 is 14.4 Å². The second-order valence-electron chi connectivity index (χ2n) is 8.76. The maximum atomic E-state index is 12.8. The van der Waals surface area contributed by atoms with Crippen molar-refractivity contribution in [2.45, 2.75) is 32.2 Å². The fourth-order valence-electron chi connectivity index (χ4n) is 5.21. The fraction of sp³-hybridized carbons (Fsp3) is 0.591. The molecule has 1 aromatic rings. The monoisotopic (exact) mass is 414 g/mol. The van der Waals surface area contributed by atoms with E-state index in [4.69, 9.17) is 9.47 Å². The lowest BCUT2D eigenvalue weighted by Crippen LogP contribution is -3.13. The van der Waals surface area contributed by atoms with Gasteiger partial charge in [-0.2, -0.15) is 0 Å². The molecule has 3 fully saturated rings. The molecule has 0 spiro atoms. The maximum absolute atomic E-state index is 12.8. The van der Waals surface area contributed by atoms with Gasteiger partial charge in [0.15, 0.2) is 11.5 Å². The molecule has 4 aliphatic rings. The summed E-state index contributed by atoms with van der Waals surface area (Å²) in [5.41, 5.74) is 1.19. The van der Waals surface area contributed by atoms with E-state index in [1.165, 1.54) is 15.4 Å². The van der Waals surface area contributed by atoms with Crippen molar-refractivity contribution in [1.29, 1.82) is 0 Å². The smallest absolute Gasteiger partial charge is 0.243 e. The Morgan fingerprint density at radius 3 is 2.37 bits per heavy atom. The van der Waals surface area contributed by atoms with Gasteiger partial charge in [0, 0.05) is 5.56 Å². The lowest BCUT2D eigenvalue weighted by molar-refractivity contribution is -0.917. The van der Waals surface area contributed by atoms with E-state index >= 15 is 0 Å². The number of imide groups is 1.